The number of aliphatic hydroxyl groups is 1. The molecule has 0 fully saturated rings. The van der Waals surface area contributed by atoms with Crippen molar-refractivity contribution in [3.8, 4) is 0 Å². The first-order chi connectivity index (χ1) is 8.10. The van der Waals surface area contributed by atoms with E-state index in [9.17, 15) is 4.79 Å². The molecule has 3 N–H and O–H groups in total. The van der Waals surface area contributed by atoms with E-state index in [-0.39, 0.29) is 18.6 Å². The van der Waals surface area contributed by atoms with Crippen LogP contribution in [0.2, 0.25) is 0 Å². The molecule has 5 nitrogen and oxygen atoms in total. The Kier molecular flexibility index (Phi) is 10.1. The highest BCUT2D eigenvalue weighted by molar-refractivity contribution is 5.76. The average molecular weight is 246 g/mol. The average Bonchev–Trinajstić information content (AvgIpc) is 2.29. The zero-order chi connectivity index (χ0) is 13.1. The third kappa shape index (κ3) is 10.2. The second-order valence-electron chi connectivity index (χ2n) is 4.44. The lowest BCUT2D eigenvalue weighted by Crippen LogP contribution is -2.38. The monoisotopic (exact) mass is 246 g/mol. The maximum atomic E-state index is 11.5. The molecular weight excluding hydrogens is 220 g/mol. The van der Waals surface area contributed by atoms with Crippen molar-refractivity contribution in [2.24, 2.45) is 0 Å². The number of carbonyl (C=O) groups is 1. The molecule has 0 spiro atoms. The Bertz CT molecular complexity index is 198. The van der Waals surface area contributed by atoms with Gasteiger partial charge >= 0.3 is 0 Å². The standard InChI is InChI=1S/C12H26N2O3/c1-10(2)13-7-4-5-12(16)14-11(9-15)6-8-17-3/h10-11,13,15H,4-9H2,1-3H3,(H,14,16). The molecule has 1 amide bonds. The van der Waals surface area contributed by atoms with E-state index in [0.29, 0.717) is 25.5 Å². The van der Waals surface area contributed by atoms with Gasteiger partial charge in [0.25, 0.3) is 0 Å². The van der Waals surface area contributed by atoms with Gasteiger partial charge in [-0.3, -0.25) is 4.79 Å². The molecule has 0 saturated heterocycles. The lowest BCUT2D eigenvalue weighted by molar-refractivity contribution is -0.122. The molecule has 0 radical (unpaired) electrons. The summed E-state index contributed by atoms with van der Waals surface area (Å²) in [5.74, 6) is -0.00860. The first-order valence-corrected chi connectivity index (χ1v) is 6.22. The molecule has 0 aliphatic heterocycles. The SMILES string of the molecule is COCCC(CO)NC(=O)CCCNC(C)C. The van der Waals surface area contributed by atoms with Gasteiger partial charge in [-0.05, 0) is 19.4 Å². The van der Waals surface area contributed by atoms with Crippen LogP contribution in [0.25, 0.3) is 0 Å². The first-order valence-electron chi connectivity index (χ1n) is 6.22. The number of hydrogen-bond donors (Lipinski definition) is 3. The Labute approximate surface area is 104 Å². The Morgan fingerprint density at radius 1 is 1.41 bits per heavy atom. The largest absolute Gasteiger partial charge is 0.394 e. The van der Waals surface area contributed by atoms with E-state index in [1.807, 2.05) is 0 Å². The zero-order valence-electron chi connectivity index (χ0n) is 11.2. The fraction of sp³-hybridized carbons (Fsp3) is 0.917. The van der Waals surface area contributed by atoms with Crippen LogP contribution >= 0.6 is 0 Å². The van der Waals surface area contributed by atoms with Crippen molar-refractivity contribution >= 4 is 5.91 Å². The summed E-state index contributed by atoms with van der Waals surface area (Å²) in [5, 5.41) is 15.1. The van der Waals surface area contributed by atoms with Gasteiger partial charge in [-0.2, -0.15) is 0 Å². The smallest absolute Gasteiger partial charge is 0.220 e. The second-order valence-corrected chi connectivity index (χ2v) is 4.44. The van der Waals surface area contributed by atoms with E-state index in [0.717, 1.165) is 13.0 Å². The summed E-state index contributed by atoms with van der Waals surface area (Å²) in [4.78, 5) is 11.5. The summed E-state index contributed by atoms with van der Waals surface area (Å²) in [7, 11) is 1.61. The molecular formula is C12H26N2O3. The van der Waals surface area contributed by atoms with Crippen molar-refractivity contribution in [3.05, 3.63) is 0 Å². The summed E-state index contributed by atoms with van der Waals surface area (Å²) in [6.45, 7) is 5.49. The predicted octanol–water partition coefficient (Wildman–Crippen LogP) is 0.278. The summed E-state index contributed by atoms with van der Waals surface area (Å²) in [5.41, 5.74) is 0. The van der Waals surface area contributed by atoms with Crippen molar-refractivity contribution in [1.29, 1.82) is 0 Å². The molecule has 0 aromatic heterocycles. The minimum absolute atomic E-state index is 0.00860. The number of carbonyl (C=O) groups excluding carboxylic acids is 1. The molecule has 0 bridgehead atoms. The third-order valence-electron chi connectivity index (χ3n) is 2.39. The number of aliphatic hydroxyl groups excluding tert-OH is 1. The molecule has 102 valence electrons. The highest BCUT2D eigenvalue weighted by Crippen LogP contribution is 1.95. The van der Waals surface area contributed by atoms with E-state index in [2.05, 4.69) is 24.5 Å². The summed E-state index contributed by atoms with van der Waals surface area (Å²) in [6, 6.07) is 0.255. The van der Waals surface area contributed by atoms with Gasteiger partial charge in [-0.25, -0.2) is 0 Å². The van der Waals surface area contributed by atoms with Gasteiger partial charge in [-0.15, -0.1) is 0 Å². The number of nitrogens with one attached hydrogen (secondary N) is 2. The molecule has 0 rings (SSSR count). The lowest BCUT2D eigenvalue weighted by Gasteiger charge is -2.16. The number of methoxy groups -OCH3 is 1. The maximum Gasteiger partial charge on any atom is 0.220 e. The van der Waals surface area contributed by atoms with Crippen LogP contribution < -0.4 is 10.6 Å². The van der Waals surface area contributed by atoms with Crippen molar-refractivity contribution in [2.75, 3.05) is 26.9 Å². The Balaban J connectivity index is 3.60. The van der Waals surface area contributed by atoms with E-state index in [1.54, 1.807) is 7.11 Å². The summed E-state index contributed by atoms with van der Waals surface area (Å²) < 4.78 is 4.91. The van der Waals surface area contributed by atoms with Gasteiger partial charge in [0.2, 0.25) is 5.91 Å². The zero-order valence-corrected chi connectivity index (χ0v) is 11.2. The van der Waals surface area contributed by atoms with Crippen LogP contribution in [0, 0.1) is 0 Å². The van der Waals surface area contributed by atoms with Crippen molar-refractivity contribution in [3.63, 3.8) is 0 Å². The molecule has 0 aliphatic carbocycles. The van der Waals surface area contributed by atoms with Gasteiger partial charge in [0.15, 0.2) is 0 Å². The van der Waals surface area contributed by atoms with Crippen molar-refractivity contribution in [2.45, 2.75) is 45.2 Å². The van der Waals surface area contributed by atoms with Crippen LogP contribution in [0.15, 0.2) is 0 Å². The van der Waals surface area contributed by atoms with Crippen LogP contribution in [0.3, 0.4) is 0 Å². The Morgan fingerprint density at radius 3 is 2.65 bits per heavy atom. The third-order valence-corrected chi connectivity index (χ3v) is 2.39. The fourth-order valence-corrected chi connectivity index (χ4v) is 1.41. The Hall–Kier alpha value is -0.650. The molecule has 1 unspecified atom stereocenters. The topological polar surface area (TPSA) is 70.6 Å². The van der Waals surface area contributed by atoms with Crippen molar-refractivity contribution < 1.29 is 14.6 Å². The van der Waals surface area contributed by atoms with Gasteiger partial charge in [0.05, 0.1) is 12.6 Å². The number of ether oxygens (including phenoxy) is 1. The van der Waals surface area contributed by atoms with E-state index >= 15 is 0 Å². The van der Waals surface area contributed by atoms with Crippen LogP contribution in [-0.4, -0.2) is 50.0 Å². The summed E-state index contributed by atoms with van der Waals surface area (Å²) >= 11 is 0. The van der Waals surface area contributed by atoms with Crippen LogP contribution in [0.5, 0.6) is 0 Å². The molecule has 0 heterocycles. The van der Waals surface area contributed by atoms with Crippen molar-refractivity contribution in [1.82, 2.24) is 10.6 Å². The second kappa shape index (κ2) is 10.5. The number of rotatable bonds is 10. The molecule has 0 aromatic rings. The lowest BCUT2D eigenvalue weighted by atomic mass is 10.2. The highest BCUT2D eigenvalue weighted by Gasteiger charge is 2.10. The maximum absolute atomic E-state index is 11.5. The fourth-order valence-electron chi connectivity index (χ4n) is 1.41. The predicted molar refractivity (Wildman–Crippen MR) is 67.9 cm³/mol. The molecule has 5 heteroatoms. The molecule has 1 atom stereocenters. The minimum atomic E-state index is -0.194. The van der Waals surface area contributed by atoms with Gasteiger partial charge < -0.3 is 20.5 Å². The quantitative estimate of drug-likeness (QED) is 0.484. The summed E-state index contributed by atoms with van der Waals surface area (Å²) in [6.07, 6.45) is 1.94. The number of amides is 1. The molecule has 17 heavy (non-hydrogen) atoms. The van der Waals surface area contributed by atoms with Gasteiger partial charge in [0, 0.05) is 26.2 Å². The van der Waals surface area contributed by atoms with Gasteiger partial charge in [0.1, 0.15) is 0 Å². The number of hydrogen-bond acceptors (Lipinski definition) is 4. The molecule has 0 saturated carbocycles. The molecule has 0 aromatic carbocycles. The normalized spacial score (nSPS) is 12.8. The van der Waals surface area contributed by atoms with Crippen LogP contribution in [0.1, 0.15) is 33.1 Å². The van der Waals surface area contributed by atoms with E-state index in [1.165, 1.54) is 0 Å². The first kappa shape index (κ1) is 16.4. The van der Waals surface area contributed by atoms with Crippen LogP contribution in [0.4, 0.5) is 0 Å². The minimum Gasteiger partial charge on any atom is -0.394 e. The van der Waals surface area contributed by atoms with E-state index in [4.69, 9.17) is 9.84 Å². The van der Waals surface area contributed by atoms with Crippen LogP contribution in [-0.2, 0) is 9.53 Å². The highest BCUT2D eigenvalue weighted by atomic mass is 16.5. The Morgan fingerprint density at radius 2 is 2.12 bits per heavy atom. The van der Waals surface area contributed by atoms with Gasteiger partial charge in [-0.1, -0.05) is 13.8 Å². The van der Waals surface area contributed by atoms with E-state index < -0.39 is 0 Å². The molecule has 0 aliphatic rings.